The van der Waals surface area contributed by atoms with E-state index in [1.54, 1.807) is 0 Å². The van der Waals surface area contributed by atoms with E-state index in [2.05, 4.69) is 9.62 Å². The highest BCUT2D eigenvalue weighted by atomic mass is 32.2. The minimum Gasteiger partial charge on any atom is -0.494 e. The van der Waals surface area contributed by atoms with Gasteiger partial charge in [-0.05, 0) is 74.7 Å². The van der Waals surface area contributed by atoms with Crippen LogP contribution in [0, 0.1) is 11.7 Å². The first-order valence-corrected chi connectivity index (χ1v) is 12.2. The predicted molar refractivity (Wildman–Crippen MR) is 115 cm³/mol. The summed E-state index contributed by atoms with van der Waals surface area (Å²) in [6.45, 7) is 2.77. The van der Waals surface area contributed by atoms with E-state index in [-0.39, 0.29) is 22.6 Å². The highest BCUT2D eigenvalue weighted by Gasteiger charge is 2.30. The monoisotopic (exact) mass is 446 g/mol. The van der Waals surface area contributed by atoms with Gasteiger partial charge in [-0.3, -0.25) is 4.79 Å². The molecule has 2 aromatic carbocycles. The third kappa shape index (κ3) is 5.90. The Morgan fingerprint density at radius 2 is 1.90 bits per heavy atom. The van der Waals surface area contributed by atoms with Crippen molar-refractivity contribution in [3.05, 3.63) is 59.9 Å². The second kappa shape index (κ2) is 9.46. The van der Waals surface area contributed by atoms with Crippen LogP contribution < -0.4 is 9.46 Å². The number of nitrogens with zero attached hydrogens (tertiary/aromatic N) is 1. The Hall–Kier alpha value is -2.29. The first kappa shape index (κ1) is 21.9. The number of halogens is 1. The molecule has 31 heavy (non-hydrogen) atoms. The molecule has 2 aromatic rings. The van der Waals surface area contributed by atoms with Gasteiger partial charge in [0.25, 0.3) is 0 Å². The van der Waals surface area contributed by atoms with Gasteiger partial charge in [-0.25, -0.2) is 17.5 Å². The van der Waals surface area contributed by atoms with Crippen LogP contribution in [0.3, 0.4) is 0 Å². The molecule has 1 atom stereocenters. The molecule has 0 unspecified atom stereocenters. The lowest BCUT2D eigenvalue weighted by atomic mass is 10.1. The molecule has 8 heteroatoms. The van der Waals surface area contributed by atoms with Crippen molar-refractivity contribution in [3.63, 3.8) is 0 Å². The second-order valence-corrected chi connectivity index (χ2v) is 9.94. The van der Waals surface area contributed by atoms with E-state index in [1.807, 2.05) is 24.3 Å². The lowest BCUT2D eigenvalue weighted by molar-refractivity contribution is 0.0967. The summed E-state index contributed by atoms with van der Waals surface area (Å²) in [6, 6.07) is 12.2. The fraction of sp³-hybridized carbons (Fsp3) is 0.435. The fourth-order valence-corrected chi connectivity index (χ4v) is 5.12. The molecule has 1 N–H and O–H groups in total. The highest BCUT2D eigenvalue weighted by molar-refractivity contribution is 7.89. The number of ketones is 1. The fourth-order valence-electron chi connectivity index (χ4n) is 3.83. The van der Waals surface area contributed by atoms with Crippen LogP contribution >= 0.6 is 0 Å². The Balaban J connectivity index is 1.17. The average Bonchev–Trinajstić information content (AvgIpc) is 3.52. The average molecular weight is 447 g/mol. The molecule has 0 bridgehead atoms. The molecule has 6 nitrogen and oxygen atoms in total. The highest BCUT2D eigenvalue weighted by Crippen LogP contribution is 2.32. The molecule has 1 aliphatic carbocycles. The van der Waals surface area contributed by atoms with Crippen molar-refractivity contribution in [2.75, 3.05) is 26.2 Å². The van der Waals surface area contributed by atoms with Crippen molar-refractivity contribution in [3.8, 4) is 5.75 Å². The molecule has 1 heterocycles. The topological polar surface area (TPSA) is 75.7 Å². The zero-order valence-corrected chi connectivity index (χ0v) is 18.1. The molecular weight excluding hydrogens is 419 g/mol. The lowest BCUT2D eigenvalue weighted by Gasteiger charge is -2.17. The summed E-state index contributed by atoms with van der Waals surface area (Å²) < 4.78 is 46.6. The van der Waals surface area contributed by atoms with Crippen molar-refractivity contribution in [1.82, 2.24) is 9.62 Å². The normalized spacial score (nSPS) is 19.5. The molecule has 0 aromatic heterocycles. The smallest absolute Gasteiger partial charge is 0.240 e. The van der Waals surface area contributed by atoms with E-state index >= 15 is 0 Å². The molecule has 1 saturated carbocycles. The Morgan fingerprint density at radius 1 is 1.13 bits per heavy atom. The van der Waals surface area contributed by atoms with Gasteiger partial charge >= 0.3 is 0 Å². The van der Waals surface area contributed by atoms with Gasteiger partial charge in [0.2, 0.25) is 10.0 Å². The van der Waals surface area contributed by atoms with Crippen LogP contribution in [0.25, 0.3) is 0 Å². The summed E-state index contributed by atoms with van der Waals surface area (Å²) in [6.07, 6.45) is 3.53. The van der Waals surface area contributed by atoms with Gasteiger partial charge in [0.1, 0.15) is 11.6 Å². The molecule has 2 fully saturated rings. The zero-order chi connectivity index (χ0) is 21.8. The summed E-state index contributed by atoms with van der Waals surface area (Å²) in [4.78, 5) is 14.2. The van der Waals surface area contributed by atoms with Crippen molar-refractivity contribution < 1.29 is 22.3 Å². The quantitative estimate of drug-likeness (QED) is 0.448. The summed E-state index contributed by atoms with van der Waals surface area (Å²) >= 11 is 0. The Kier molecular flexibility index (Phi) is 6.69. The number of sulfonamides is 1. The van der Waals surface area contributed by atoms with Crippen molar-refractivity contribution >= 4 is 15.8 Å². The number of carbonyl (C=O) groups is 1. The van der Waals surface area contributed by atoms with Gasteiger partial charge in [0, 0.05) is 30.6 Å². The summed E-state index contributed by atoms with van der Waals surface area (Å²) in [7, 11) is -3.73. The van der Waals surface area contributed by atoms with Gasteiger partial charge in [-0.2, -0.15) is 0 Å². The van der Waals surface area contributed by atoms with Gasteiger partial charge in [0.05, 0.1) is 11.5 Å². The van der Waals surface area contributed by atoms with Crippen LogP contribution in [0.1, 0.15) is 36.0 Å². The Labute approximate surface area is 182 Å². The number of hydrogen-bond acceptors (Lipinski definition) is 5. The standard InChI is InChI=1S/C23H27FN2O4S/c24-19-3-1-4-22(15-19)31(28,29)25-20-11-13-26(16-20)12-2-14-30-21-9-7-18(8-10-21)23(27)17-5-6-17/h1,3-4,7-10,15,17,20,25H,2,5-6,11-14,16H2/t20-/m0/s1. The Morgan fingerprint density at radius 3 is 2.61 bits per heavy atom. The van der Waals surface area contributed by atoms with Gasteiger partial charge in [0.15, 0.2) is 5.78 Å². The lowest BCUT2D eigenvalue weighted by Crippen LogP contribution is -2.37. The van der Waals surface area contributed by atoms with E-state index in [0.29, 0.717) is 19.6 Å². The van der Waals surface area contributed by atoms with Crippen LogP contribution in [0.5, 0.6) is 5.75 Å². The van der Waals surface area contributed by atoms with E-state index < -0.39 is 15.8 Å². The minimum absolute atomic E-state index is 0.0517. The first-order valence-electron chi connectivity index (χ1n) is 10.7. The number of Topliss-reactive ketones (excluding diaryl/α,β-unsaturated/α-hetero) is 1. The predicted octanol–water partition coefficient (Wildman–Crippen LogP) is 3.24. The molecular formula is C23H27FN2O4S. The molecule has 4 rings (SSSR count). The number of hydrogen-bond donors (Lipinski definition) is 1. The first-order chi connectivity index (χ1) is 14.9. The molecule has 2 aliphatic rings. The SMILES string of the molecule is O=C(c1ccc(OCCCN2CC[C@H](NS(=O)(=O)c3cccc(F)c3)C2)cc1)C1CC1. The molecule has 0 amide bonds. The maximum absolute atomic E-state index is 13.3. The minimum atomic E-state index is -3.73. The molecule has 1 aliphatic heterocycles. The van der Waals surface area contributed by atoms with Gasteiger partial charge < -0.3 is 9.64 Å². The summed E-state index contributed by atoms with van der Waals surface area (Å²) in [5.41, 5.74) is 0.749. The third-order valence-electron chi connectivity index (χ3n) is 5.67. The number of benzene rings is 2. The molecule has 166 valence electrons. The number of rotatable bonds is 10. The Bertz CT molecular complexity index is 1020. The number of ether oxygens (including phenoxy) is 1. The third-order valence-corrected chi connectivity index (χ3v) is 7.19. The number of carbonyl (C=O) groups excluding carboxylic acids is 1. The van der Waals surface area contributed by atoms with Crippen LogP contribution in [-0.4, -0.2) is 51.4 Å². The van der Waals surface area contributed by atoms with E-state index in [0.717, 1.165) is 49.7 Å². The second-order valence-electron chi connectivity index (χ2n) is 8.23. The zero-order valence-electron chi connectivity index (χ0n) is 17.3. The largest absolute Gasteiger partial charge is 0.494 e. The van der Waals surface area contributed by atoms with Crippen LogP contribution in [-0.2, 0) is 10.0 Å². The van der Waals surface area contributed by atoms with Crippen molar-refractivity contribution in [2.45, 2.75) is 36.6 Å². The van der Waals surface area contributed by atoms with Gasteiger partial charge in [-0.15, -0.1) is 0 Å². The molecule has 0 radical (unpaired) electrons. The maximum atomic E-state index is 13.3. The van der Waals surface area contributed by atoms with E-state index in [1.165, 1.54) is 18.2 Å². The van der Waals surface area contributed by atoms with Crippen LogP contribution in [0.15, 0.2) is 53.4 Å². The molecule has 1 saturated heterocycles. The van der Waals surface area contributed by atoms with Crippen molar-refractivity contribution in [1.29, 1.82) is 0 Å². The van der Waals surface area contributed by atoms with Gasteiger partial charge in [-0.1, -0.05) is 6.07 Å². The van der Waals surface area contributed by atoms with E-state index in [9.17, 15) is 17.6 Å². The van der Waals surface area contributed by atoms with Crippen LogP contribution in [0.4, 0.5) is 4.39 Å². The maximum Gasteiger partial charge on any atom is 0.240 e. The summed E-state index contributed by atoms with van der Waals surface area (Å²) in [5, 5.41) is 0. The van der Waals surface area contributed by atoms with Crippen molar-refractivity contribution in [2.24, 2.45) is 5.92 Å². The van der Waals surface area contributed by atoms with E-state index in [4.69, 9.17) is 4.74 Å². The molecule has 0 spiro atoms. The summed E-state index contributed by atoms with van der Waals surface area (Å²) in [5.74, 6) is 0.618. The number of nitrogens with one attached hydrogen (secondary N) is 1. The van der Waals surface area contributed by atoms with Crippen LogP contribution in [0.2, 0.25) is 0 Å². The number of likely N-dealkylation sites (tertiary alicyclic amines) is 1.